The SMILES string of the molecule is CC(C)C(C(=O)NC(C)(C)C)N(C=O)CCS. The highest BCUT2D eigenvalue weighted by molar-refractivity contribution is 7.80. The molecule has 5 heteroatoms. The van der Waals surface area contributed by atoms with Crippen LogP contribution in [-0.4, -0.2) is 41.1 Å². The van der Waals surface area contributed by atoms with Crippen molar-refractivity contribution >= 4 is 24.9 Å². The number of amides is 2. The molecule has 0 heterocycles. The summed E-state index contributed by atoms with van der Waals surface area (Å²) in [6, 6.07) is -0.432. The van der Waals surface area contributed by atoms with Gasteiger partial charge >= 0.3 is 0 Å². The summed E-state index contributed by atoms with van der Waals surface area (Å²) < 4.78 is 0. The molecule has 2 amide bonds. The number of nitrogens with zero attached hydrogens (tertiary/aromatic N) is 1. The minimum Gasteiger partial charge on any atom is -0.350 e. The summed E-state index contributed by atoms with van der Waals surface area (Å²) in [7, 11) is 0. The van der Waals surface area contributed by atoms with Crippen molar-refractivity contribution in [1.82, 2.24) is 10.2 Å². The van der Waals surface area contributed by atoms with Crippen molar-refractivity contribution in [3.63, 3.8) is 0 Å². The van der Waals surface area contributed by atoms with E-state index in [1.807, 2.05) is 34.6 Å². The second-order valence-corrected chi connectivity index (χ2v) is 5.94. The van der Waals surface area contributed by atoms with Crippen molar-refractivity contribution < 1.29 is 9.59 Å². The Balaban J connectivity index is 4.83. The molecule has 1 atom stereocenters. The van der Waals surface area contributed by atoms with Crippen LogP contribution in [-0.2, 0) is 9.59 Å². The lowest BCUT2D eigenvalue weighted by Gasteiger charge is -2.32. The average molecular weight is 260 g/mol. The lowest BCUT2D eigenvalue weighted by atomic mass is 10.00. The van der Waals surface area contributed by atoms with Crippen LogP contribution < -0.4 is 5.32 Å². The molecule has 0 spiro atoms. The van der Waals surface area contributed by atoms with Gasteiger partial charge in [-0.1, -0.05) is 13.8 Å². The van der Waals surface area contributed by atoms with Gasteiger partial charge in [-0.3, -0.25) is 9.59 Å². The van der Waals surface area contributed by atoms with Crippen LogP contribution in [0.15, 0.2) is 0 Å². The van der Waals surface area contributed by atoms with Crippen molar-refractivity contribution in [1.29, 1.82) is 0 Å². The van der Waals surface area contributed by atoms with Gasteiger partial charge in [0, 0.05) is 17.8 Å². The fraction of sp³-hybridized carbons (Fsp3) is 0.833. The number of rotatable bonds is 6. The van der Waals surface area contributed by atoms with Crippen LogP contribution in [0.25, 0.3) is 0 Å². The summed E-state index contributed by atoms with van der Waals surface area (Å²) in [6.07, 6.45) is 0.725. The van der Waals surface area contributed by atoms with Crippen LogP contribution in [0.2, 0.25) is 0 Å². The van der Waals surface area contributed by atoms with E-state index in [0.717, 1.165) is 6.41 Å². The van der Waals surface area contributed by atoms with Gasteiger partial charge in [-0.2, -0.15) is 12.6 Å². The molecule has 1 unspecified atom stereocenters. The zero-order chi connectivity index (χ0) is 13.6. The highest BCUT2D eigenvalue weighted by Gasteiger charge is 2.29. The van der Waals surface area contributed by atoms with Crippen molar-refractivity contribution in [2.45, 2.75) is 46.2 Å². The van der Waals surface area contributed by atoms with E-state index in [2.05, 4.69) is 17.9 Å². The molecule has 4 nitrogen and oxygen atoms in total. The van der Waals surface area contributed by atoms with Crippen molar-refractivity contribution in [3.05, 3.63) is 0 Å². The molecule has 0 bridgehead atoms. The Labute approximate surface area is 110 Å². The third-order valence-electron chi connectivity index (χ3n) is 2.25. The molecule has 0 aromatic heterocycles. The smallest absolute Gasteiger partial charge is 0.243 e. The van der Waals surface area contributed by atoms with Gasteiger partial charge in [0.05, 0.1) is 0 Å². The molecule has 0 aliphatic rings. The standard InChI is InChI=1S/C12H24N2O2S/c1-9(2)10(14(8-15)6-7-17)11(16)13-12(3,4)5/h8-10,17H,6-7H2,1-5H3,(H,13,16). The summed E-state index contributed by atoms with van der Waals surface area (Å²) in [4.78, 5) is 24.7. The predicted octanol–water partition coefficient (Wildman–Crippen LogP) is 1.31. The Kier molecular flexibility index (Phi) is 6.60. The fourth-order valence-corrected chi connectivity index (χ4v) is 1.88. The quantitative estimate of drug-likeness (QED) is 0.559. The monoisotopic (exact) mass is 260 g/mol. The van der Waals surface area contributed by atoms with Crippen LogP contribution in [0.3, 0.4) is 0 Å². The first kappa shape index (κ1) is 16.3. The van der Waals surface area contributed by atoms with E-state index in [9.17, 15) is 9.59 Å². The van der Waals surface area contributed by atoms with Crippen LogP contribution in [0.1, 0.15) is 34.6 Å². The summed E-state index contributed by atoms with van der Waals surface area (Å²) in [5.41, 5.74) is -0.292. The molecule has 100 valence electrons. The number of hydrogen-bond donors (Lipinski definition) is 2. The van der Waals surface area contributed by atoms with Gasteiger partial charge in [0.25, 0.3) is 0 Å². The van der Waals surface area contributed by atoms with Crippen LogP contribution in [0, 0.1) is 5.92 Å². The highest BCUT2D eigenvalue weighted by Crippen LogP contribution is 2.12. The largest absolute Gasteiger partial charge is 0.350 e. The topological polar surface area (TPSA) is 49.4 Å². The summed E-state index contributed by atoms with van der Waals surface area (Å²) in [5, 5.41) is 2.91. The van der Waals surface area contributed by atoms with Crippen molar-refractivity contribution in [2.75, 3.05) is 12.3 Å². The van der Waals surface area contributed by atoms with Gasteiger partial charge in [-0.05, 0) is 26.7 Å². The molecule has 0 aromatic carbocycles. The molecule has 0 aromatic rings. The van der Waals surface area contributed by atoms with E-state index in [4.69, 9.17) is 0 Å². The van der Waals surface area contributed by atoms with E-state index in [-0.39, 0.29) is 17.4 Å². The van der Waals surface area contributed by atoms with E-state index < -0.39 is 6.04 Å². The average Bonchev–Trinajstić information content (AvgIpc) is 2.13. The van der Waals surface area contributed by atoms with Gasteiger partial charge < -0.3 is 10.2 Å². The fourth-order valence-electron chi connectivity index (χ4n) is 1.65. The van der Waals surface area contributed by atoms with E-state index in [1.165, 1.54) is 4.90 Å². The third kappa shape index (κ3) is 5.96. The minimum absolute atomic E-state index is 0.0717. The van der Waals surface area contributed by atoms with Gasteiger partial charge in [0.2, 0.25) is 12.3 Å². The Hall–Kier alpha value is -0.710. The van der Waals surface area contributed by atoms with Gasteiger partial charge in [-0.15, -0.1) is 0 Å². The van der Waals surface area contributed by atoms with Crippen LogP contribution in [0.4, 0.5) is 0 Å². The first-order valence-electron chi connectivity index (χ1n) is 5.87. The Bertz CT molecular complexity index is 262. The second kappa shape index (κ2) is 6.89. The maximum Gasteiger partial charge on any atom is 0.243 e. The number of hydrogen-bond acceptors (Lipinski definition) is 3. The lowest BCUT2D eigenvalue weighted by molar-refractivity contribution is -0.135. The molecular formula is C12H24N2O2S. The second-order valence-electron chi connectivity index (χ2n) is 5.49. The lowest BCUT2D eigenvalue weighted by Crippen LogP contribution is -2.54. The van der Waals surface area contributed by atoms with E-state index in [0.29, 0.717) is 12.3 Å². The van der Waals surface area contributed by atoms with Crippen molar-refractivity contribution in [2.24, 2.45) is 5.92 Å². The van der Waals surface area contributed by atoms with Crippen LogP contribution in [0.5, 0.6) is 0 Å². The Morgan fingerprint density at radius 2 is 1.94 bits per heavy atom. The summed E-state index contributed by atoms with van der Waals surface area (Å²) >= 11 is 4.10. The van der Waals surface area contributed by atoms with Crippen LogP contribution >= 0.6 is 12.6 Å². The normalized spacial score (nSPS) is 13.4. The Morgan fingerprint density at radius 1 is 1.41 bits per heavy atom. The van der Waals surface area contributed by atoms with E-state index >= 15 is 0 Å². The third-order valence-corrected chi connectivity index (χ3v) is 2.45. The first-order chi connectivity index (χ1) is 7.72. The van der Waals surface area contributed by atoms with Crippen molar-refractivity contribution in [3.8, 4) is 0 Å². The minimum atomic E-state index is -0.432. The number of nitrogens with one attached hydrogen (secondary N) is 1. The molecular weight excluding hydrogens is 236 g/mol. The van der Waals surface area contributed by atoms with Gasteiger partial charge in [0.1, 0.15) is 6.04 Å². The molecule has 1 N–H and O–H groups in total. The predicted molar refractivity (Wildman–Crippen MR) is 73.1 cm³/mol. The molecule has 0 saturated carbocycles. The maximum atomic E-state index is 12.1. The molecule has 0 aliphatic heterocycles. The molecule has 17 heavy (non-hydrogen) atoms. The molecule has 0 fully saturated rings. The number of thiol groups is 1. The zero-order valence-electron chi connectivity index (χ0n) is 11.4. The summed E-state index contributed by atoms with van der Waals surface area (Å²) in [6.45, 7) is 10.1. The number of carbonyl (C=O) groups excluding carboxylic acids is 2. The molecule has 0 saturated heterocycles. The highest BCUT2D eigenvalue weighted by atomic mass is 32.1. The first-order valence-corrected chi connectivity index (χ1v) is 6.50. The maximum absolute atomic E-state index is 12.1. The van der Waals surface area contributed by atoms with Gasteiger partial charge in [0.15, 0.2) is 0 Å². The molecule has 0 aliphatic carbocycles. The summed E-state index contributed by atoms with van der Waals surface area (Å²) in [5.74, 6) is 0.508. The molecule has 0 rings (SSSR count). The molecule has 0 radical (unpaired) electrons. The Morgan fingerprint density at radius 3 is 2.24 bits per heavy atom. The van der Waals surface area contributed by atoms with Gasteiger partial charge in [-0.25, -0.2) is 0 Å². The number of carbonyl (C=O) groups is 2. The zero-order valence-corrected chi connectivity index (χ0v) is 12.3. The van der Waals surface area contributed by atoms with E-state index in [1.54, 1.807) is 0 Å².